The van der Waals surface area contributed by atoms with Crippen LogP contribution in [-0.2, 0) is 22.4 Å². The monoisotopic (exact) mass is 598 g/mol. The SMILES string of the molecule is Cc1cc(/C=C2\C(=O)NC(=S)N(c3ccccc3F)C2=O)c(C)n1-c1sc2c(c1C(=O)Nc1ccccc1)CCCC2. The van der Waals surface area contributed by atoms with Crippen molar-refractivity contribution in [2.45, 2.75) is 39.5 Å². The predicted molar refractivity (Wildman–Crippen MR) is 167 cm³/mol. The molecule has 0 atom stereocenters. The van der Waals surface area contributed by atoms with Gasteiger partial charge in [-0.05, 0) is 99.3 Å². The van der Waals surface area contributed by atoms with Crippen LogP contribution in [0, 0.1) is 19.7 Å². The molecule has 0 saturated carbocycles. The lowest BCUT2D eigenvalue weighted by Crippen LogP contribution is -2.54. The van der Waals surface area contributed by atoms with Gasteiger partial charge in [-0.15, -0.1) is 11.3 Å². The number of nitrogens with zero attached hydrogens (tertiary/aromatic N) is 2. The van der Waals surface area contributed by atoms with Crippen molar-refractivity contribution < 1.29 is 18.8 Å². The first-order valence-corrected chi connectivity index (χ1v) is 14.8. The Kier molecular flexibility index (Phi) is 7.34. The number of halogens is 1. The van der Waals surface area contributed by atoms with E-state index in [1.54, 1.807) is 17.4 Å². The van der Waals surface area contributed by atoms with Crippen molar-refractivity contribution in [1.29, 1.82) is 0 Å². The van der Waals surface area contributed by atoms with Crippen LogP contribution >= 0.6 is 23.6 Å². The Bertz CT molecular complexity index is 1810. The minimum absolute atomic E-state index is 0.0397. The maximum atomic E-state index is 14.6. The second-order valence-corrected chi connectivity index (χ2v) is 11.8. The second-order valence-electron chi connectivity index (χ2n) is 10.3. The molecule has 6 rings (SSSR count). The fourth-order valence-electron chi connectivity index (χ4n) is 5.57. The van der Waals surface area contributed by atoms with Gasteiger partial charge in [-0.3, -0.25) is 19.7 Å². The van der Waals surface area contributed by atoms with Gasteiger partial charge in [0.25, 0.3) is 17.7 Å². The van der Waals surface area contributed by atoms with E-state index in [1.807, 2.05) is 54.8 Å². The van der Waals surface area contributed by atoms with Gasteiger partial charge in [0.15, 0.2) is 5.11 Å². The smallest absolute Gasteiger partial charge is 0.270 e. The van der Waals surface area contributed by atoms with Gasteiger partial charge in [0, 0.05) is 22.0 Å². The third-order valence-electron chi connectivity index (χ3n) is 7.58. The minimum Gasteiger partial charge on any atom is -0.322 e. The summed E-state index contributed by atoms with van der Waals surface area (Å²) in [4.78, 5) is 42.4. The van der Waals surface area contributed by atoms with E-state index in [4.69, 9.17) is 12.2 Å². The molecule has 7 nitrogen and oxygen atoms in total. The molecule has 0 spiro atoms. The van der Waals surface area contributed by atoms with Crippen LogP contribution in [0.1, 0.15) is 50.6 Å². The Morgan fingerprint density at radius 1 is 1.05 bits per heavy atom. The van der Waals surface area contributed by atoms with Gasteiger partial charge in [0.2, 0.25) is 0 Å². The molecule has 3 amide bonds. The summed E-state index contributed by atoms with van der Waals surface area (Å²) in [5, 5.41) is 6.19. The van der Waals surface area contributed by atoms with E-state index < -0.39 is 17.6 Å². The average molecular weight is 599 g/mol. The molecule has 2 aliphatic rings. The molecule has 2 aromatic carbocycles. The molecule has 10 heteroatoms. The molecule has 3 heterocycles. The molecule has 212 valence electrons. The second kappa shape index (κ2) is 11.1. The van der Waals surface area contributed by atoms with Crippen LogP contribution in [0.2, 0.25) is 0 Å². The van der Waals surface area contributed by atoms with Crippen LogP contribution in [0.5, 0.6) is 0 Å². The third-order valence-corrected chi connectivity index (χ3v) is 9.14. The van der Waals surface area contributed by atoms with Crippen LogP contribution < -0.4 is 15.5 Å². The average Bonchev–Trinajstić information content (AvgIpc) is 3.48. The summed E-state index contributed by atoms with van der Waals surface area (Å²) in [6, 6.07) is 17.0. The topological polar surface area (TPSA) is 83.4 Å². The van der Waals surface area contributed by atoms with Gasteiger partial charge in [-0.25, -0.2) is 9.29 Å². The van der Waals surface area contributed by atoms with E-state index in [0.29, 0.717) is 11.1 Å². The third kappa shape index (κ3) is 4.86. The molecular formula is C32H27FN4O3S2. The number of anilines is 2. The summed E-state index contributed by atoms with van der Waals surface area (Å²) in [6.45, 7) is 3.82. The number of carbonyl (C=O) groups excluding carboxylic acids is 3. The lowest BCUT2D eigenvalue weighted by Gasteiger charge is -2.29. The number of fused-ring (bicyclic) bond motifs is 1. The number of aromatic nitrogens is 1. The number of benzene rings is 2. The molecule has 2 aromatic heterocycles. The lowest BCUT2D eigenvalue weighted by atomic mass is 9.95. The molecule has 1 aliphatic carbocycles. The molecular weight excluding hydrogens is 572 g/mol. The molecule has 42 heavy (non-hydrogen) atoms. The van der Waals surface area contributed by atoms with Gasteiger partial charge in [0.05, 0.1) is 11.3 Å². The molecule has 0 unspecified atom stereocenters. The largest absolute Gasteiger partial charge is 0.322 e. The lowest BCUT2D eigenvalue weighted by molar-refractivity contribution is -0.122. The summed E-state index contributed by atoms with van der Waals surface area (Å²) in [5.41, 5.74) is 4.49. The van der Waals surface area contributed by atoms with E-state index in [1.165, 1.54) is 29.2 Å². The summed E-state index contributed by atoms with van der Waals surface area (Å²) >= 11 is 6.83. The Hall–Kier alpha value is -4.41. The highest BCUT2D eigenvalue weighted by atomic mass is 32.1. The highest BCUT2D eigenvalue weighted by Gasteiger charge is 2.36. The van der Waals surface area contributed by atoms with E-state index in [2.05, 4.69) is 10.6 Å². The Labute approximate surface area is 251 Å². The maximum absolute atomic E-state index is 14.6. The number of carbonyl (C=O) groups is 3. The van der Waals surface area contributed by atoms with Crippen LogP contribution in [0.15, 0.2) is 66.2 Å². The molecule has 0 radical (unpaired) electrons. The summed E-state index contributed by atoms with van der Waals surface area (Å²) in [6.07, 6.45) is 5.35. The fourth-order valence-corrected chi connectivity index (χ4v) is 7.34. The number of hydrogen-bond acceptors (Lipinski definition) is 5. The van der Waals surface area contributed by atoms with Crippen molar-refractivity contribution in [3.05, 3.63) is 105 Å². The zero-order valence-corrected chi connectivity index (χ0v) is 24.6. The number of thiocarbonyl (C=S) groups is 1. The molecule has 1 fully saturated rings. The Balaban J connectivity index is 1.42. The van der Waals surface area contributed by atoms with Crippen molar-refractivity contribution in [3.63, 3.8) is 0 Å². The van der Waals surface area contributed by atoms with Crippen molar-refractivity contribution in [3.8, 4) is 5.00 Å². The first kappa shape index (κ1) is 27.7. The van der Waals surface area contributed by atoms with E-state index in [9.17, 15) is 18.8 Å². The molecule has 1 aliphatic heterocycles. The standard InChI is InChI=1S/C32H27FN4O3S2/c1-18-16-20(17-23-28(38)35-32(41)37(30(23)40)25-14-8-7-13-24(25)33)19(2)36(18)31-27(22-12-6-9-15-26(22)42-31)29(39)34-21-10-4-3-5-11-21/h3-5,7-8,10-11,13-14,16-17H,6,9,12,15H2,1-2H3,(H,34,39)(H,35,38,41)/b23-17+. The number of nitrogens with one attached hydrogen (secondary N) is 2. The van der Waals surface area contributed by atoms with Gasteiger partial charge in [0.1, 0.15) is 16.4 Å². The van der Waals surface area contributed by atoms with Crippen molar-refractivity contribution in [2.24, 2.45) is 0 Å². The number of thiophene rings is 1. The first-order valence-electron chi connectivity index (χ1n) is 13.6. The Morgan fingerprint density at radius 2 is 1.76 bits per heavy atom. The van der Waals surface area contributed by atoms with Crippen molar-refractivity contribution >= 4 is 63.8 Å². The van der Waals surface area contributed by atoms with Gasteiger partial charge in [-0.2, -0.15) is 0 Å². The minimum atomic E-state index is -0.715. The number of aryl methyl sites for hydroxylation is 2. The first-order chi connectivity index (χ1) is 20.2. The van der Waals surface area contributed by atoms with Gasteiger partial charge < -0.3 is 9.88 Å². The Morgan fingerprint density at radius 3 is 2.52 bits per heavy atom. The summed E-state index contributed by atoms with van der Waals surface area (Å²) < 4.78 is 16.6. The predicted octanol–water partition coefficient (Wildman–Crippen LogP) is 6.26. The summed E-state index contributed by atoms with van der Waals surface area (Å²) in [7, 11) is 0. The van der Waals surface area contributed by atoms with Gasteiger partial charge in [-0.1, -0.05) is 30.3 Å². The quantitative estimate of drug-likeness (QED) is 0.162. The zero-order valence-electron chi connectivity index (χ0n) is 23.0. The number of hydrogen-bond donors (Lipinski definition) is 2. The van der Waals surface area contributed by atoms with Crippen LogP contribution in [0.4, 0.5) is 15.8 Å². The molecule has 0 bridgehead atoms. The number of rotatable bonds is 5. The highest BCUT2D eigenvalue weighted by Crippen LogP contribution is 2.39. The summed E-state index contributed by atoms with van der Waals surface area (Å²) in [5.74, 6) is -2.17. The van der Waals surface area contributed by atoms with Crippen LogP contribution in [0.25, 0.3) is 11.1 Å². The van der Waals surface area contributed by atoms with Crippen LogP contribution in [-0.4, -0.2) is 27.4 Å². The van der Waals surface area contributed by atoms with E-state index >= 15 is 0 Å². The molecule has 1 saturated heterocycles. The van der Waals surface area contributed by atoms with Crippen molar-refractivity contribution in [2.75, 3.05) is 10.2 Å². The van der Waals surface area contributed by atoms with E-state index in [0.717, 1.165) is 58.2 Å². The molecule has 2 N–H and O–H groups in total. The fraction of sp³-hybridized carbons (Fsp3) is 0.188. The van der Waals surface area contributed by atoms with Crippen LogP contribution in [0.3, 0.4) is 0 Å². The van der Waals surface area contributed by atoms with E-state index in [-0.39, 0.29) is 22.3 Å². The van der Waals surface area contributed by atoms with Crippen molar-refractivity contribution in [1.82, 2.24) is 9.88 Å². The maximum Gasteiger partial charge on any atom is 0.270 e. The number of amides is 3. The highest BCUT2D eigenvalue weighted by molar-refractivity contribution is 7.80. The molecule has 4 aromatic rings. The normalized spacial score (nSPS) is 16.0. The zero-order chi connectivity index (χ0) is 29.5. The van der Waals surface area contributed by atoms with Gasteiger partial charge >= 0.3 is 0 Å². The number of para-hydroxylation sites is 2.